The number of rotatable bonds is 3. The smallest absolute Gasteiger partial charge is 0.0614 e. The number of halogens is 1. The van der Waals surface area contributed by atoms with Crippen LogP contribution in [-0.2, 0) is 11.1 Å². The van der Waals surface area contributed by atoms with Crippen molar-refractivity contribution < 1.29 is 8.76 Å². The Morgan fingerprint density at radius 2 is 2.00 bits per heavy atom. The lowest BCUT2D eigenvalue weighted by molar-refractivity contribution is 0.291. The van der Waals surface area contributed by atoms with Crippen LogP contribution >= 0.6 is 11.6 Å². The molecule has 0 amide bonds. The van der Waals surface area contributed by atoms with E-state index in [4.69, 9.17) is 11.6 Å². The molecule has 0 saturated carbocycles. The van der Waals surface area contributed by atoms with E-state index in [1.807, 2.05) is 29.2 Å². The molecule has 1 fully saturated rings. The Hall–Kier alpha value is -0.620. The summed E-state index contributed by atoms with van der Waals surface area (Å²) in [6.45, 7) is 3.19. The van der Waals surface area contributed by atoms with Gasteiger partial charge in [0.1, 0.15) is 0 Å². The number of benzene rings is 1. The Labute approximate surface area is 108 Å². The quantitative estimate of drug-likeness (QED) is 0.779. The summed E-state index contributed by atoms with van der Waals surface area (Å²) < 4.78 is 21.2. The first kappa shape index (κ1) is 12.8. The van der Waals surface area contributed by atoms with E-state index in [1.165, 1.54) is 0 Å². The van der Waals surface area contributed by atoms with Gasteiger partial charge in [-0.25, -0.2) is 0 Å². The zero-order chi connectivity index (χ0) is 12.3. The maximum atomic E-state index is 10.6. The molecule has 0 radical (unpaired) electrons. The molecule has 4 nitrogen and oxygen atoms in total. The van der Waals surface area contributed by atoms with Crippen LogP contribution in [0.25, 0.3) is 0 Å². The van der Waals surface area contributed by atoms with Gasteiger partial charge in [0.05, 0.1) is 5.88 Å². The minimum Gasteiger partial charge on any atom is -0.771 e. The molecular formula is C11H14ClN2O2S-. The zero-order valence-corrected chi connectivity index (χ0v) is 10.9. The molecule has 0 aromatic heterocycles. The van der Waals surface area contributed by atoms with Gasteiger partial charge in [-0.3, -0.25) is 9.11 Å². The van der Waals surface area contributed by atoms with Gasteiger partial charge < -0.3 is 9.45 Å². The molecule has 1 atom stereocenters. The van der Waals surface area contributed by atoms with E-state index in [0.29, 0.717) is 0 Å². The fourth-order valence-corrected chi connectivity index (χ4v) is 2.70. The minimum atomic E-state index is -1.99. The minimum absolute atomic E-state index is 0.128. The average Bonchev–Trinajstić information content (AvgIpc) is 2.29. The Balaban J connectivity index is 1.93. The lowest BCUT2D eigenvalue weighted by Gasteiger charge is -2.36. The van der Waals surface area contributed by atoms with Crippen LogP contribution in [-0.4, -0.2) is 45.7 Å². The van der Waals surface area contributed by atoms with Crippen molar-refractivity contribution >= 4 is 28.4 Å². The number of piperazine rings is 1. The summed E-state index contributed by atoms with van der Waals surface area (Å²) in [6.07, 6.45) is 0. The van der Waals surface area contributed by atoms with Crippen molar-refractivity contribution in [3.63, 3.8) is 0 Å². The van der Waals surface area contributed by atoms with Crippen molar-refractivity contribution in [2.75, 3.05) is 37.0 Å². The molecular weight excluding hydrogens is 260 g/mol. The number of anilines is 1. The SMILES string of the molecule is O=S([O-])CN1CCN(c2cccc(Cl)c2)CC1. The first-order chi connectivity index (χ1) is 8.15. The first-order valence-electron chi connectivity index (χ1n) is 5.44. The number of nitrogens with zero attached hydrogens (tertiary/aromatic N) is 2. The molecule has 2 rings (SSSR count). The average molecular weight is 274 g/mol. The van der Waals surface area contributed by atoms with Crippen LogP contribution in [0, 0.1) is 0 Å². The lowest BCUT2D eigenvalue weighted by atomic mass is 10.2. The number of hydrogen-bond acceptors (Lipinski definition) is 4. The predicted octanol–water partition coefficient (Wildman–Crippen LogP) is 1.30. The highest BCUT2D eigenvalue weighted by atomic mass is 35.5. The summed E-state index contributed by atoms with van der Waals surface area (Å²) in [6, 6.07) is 7.73. The molecule has 1 aromatic rings. The van der Waals surface area contributed by atoms with E-state index >= 15 is 0 Å². The molecule has 1 aromatic carbocycles. The van der Waals surface area contributed by atoms with E-state index in [2.05, 4.69) is 4.90 Å². The van der Waals surface area contributed by atoms with Crippen LogP contribution in [0.5, 0.6) is 0 Å². The molecule has 0 N–H and O–H groups in total. The molecule has 0 bridgehead atoms. The van der Waals surface area contributed by atoms with Crippen molar-refractivity contribution in [1.82, 2.24) is 4.90 Å². The molecule has 1 heterocycles. The molecule has 0 spiro atoms. The Morgan fingerprint density at radius 1 is 1.29 bits per heavy atom. The Morgan fingerprint density at radius 3 is 2.59 bits per heavy atom. The molecule has 1 aliphatic heterocycles. The zero-order valence-electron chi connectivity index (χ0n) is 9.34. The van der Waals surface area contributed by atoms with Gasteiger partial charge in [-0.1, -0.05) is 17.7 Å². The molecule has 1 saturated heterocycles. The predicted molar refractivity (Wildman–Crippen MR) is 69.0 cm³/mol. The molecule has 1 aliphatic rings. The van der Waals surface area contributed by atoms with Crippen LogP contribution in [0.2, 0.25) is 5.02 Å². The monoisotopic (exact) mass is 273 g/mol. The summed E-state index contributed by atoms with van der Waals surface area (Å²) in [4.78, 5) is 4.15. The lowest BCUT2D eigenvalue weighted by Crippen LogP contribution is -2.47. The second kappa shape index (κ2) is 5.82. The number of hydrogen-bond donors (Lipinski definition) is 0. The van der Waals surface area contributed by atoms with E-state index in [1.54, 1.807) is 0 Å². The van der Waals surface area contributed by atoms with E-state index < -0.39 is 11.1 Å². The third kappa shape index (κ3) is 3.67. The van der Waals surface area contributed by atoms with Crippen LogP contribution < -0.4 is 4.90 Å². The summed E-state index contributed by atoms with van der Waals surface area (Å²) in [5, 5.41) is 0.727. The van der Waals surface area contributed by atoms with Crippen molar-refractivity contribution in [3.05, 3.63) is 29.3 Å². The third-order valence-electron chi connectivity index (χ3n) is 2.83. The second-order valence-electron chi connectivity index (χ2n) is 4.02. The molecule has 1 unspecified atom stereocenters. The van der Waals surface area contributed by atoms with Gasteiger partial charge in [0, 0.05) is 36.9 Å². The van der Waals surface area contributed by atoms with Crippen molar-refractivity contribution in [3.8, 4) is 0 Å². The fourth-order valence-electron chi connectivity index (χ4n) is 1.96. The van der Waals surface area contributed by atoms with E-state index in [0.717, 1.165) is 36.9 Å². The van der Waals surface area contributed by atoms with Gasteiger partial charge in [0.15, 0.2) is 0 Å². The fraction of sp³-hybridized carbons (Fsp3) is 0.455. The van der Waals surface area contributed by atoms with Gasteiger partial charge in [-0.2, -0.15) is 0 Å². The van der Waals surface area contributed by atoms with E-state index in [9.17, 15) is 8.76 Å². The Bertz CT molecular complexity index is 408. The molecule has 0 aliphatic carbocycles. The summed E-state index contributed by atoms with van der Waals surface area (Å²) >= 11 is 3.96. The van der Waals surface area contributed by atoms with Crippen LogP contribution in [0.15, 0.2) is 24.3 Å². The van der Waals surface area contributed by atoms with Crippen molar-refractivity contribution in [2.45, 2.75) is 0 Å². The van der Waals surface area contributed by atoms with Crippen LogP contribution in [0.4, 0.5) is 5.69 Å². The second-order valence-corrected chi connectivity index (χ2v) is 5.32. The van der Waals surface area contributed by atoms with Gasteiger partial charge in [-0.05, 0) is 29.3 Å². The molecule has 17 heavy (non-hydrogen) atoms. The standard InChI is InChI=1S/C11H15ClN2O2S/c12-10-2-1-3-11(8-10)14-6-4-13(5-7-14)9-17(15)16/h1-3,8H,4-7,9H2,(H,15,16)/p-1. The highest BCUT2D eigenvalue weighted by molar-refractivity contribution is 7.79. The maximum absolute atomic E-state index is 10.6. The highest BCUT2D eigenvalue weighted by Gasteiger charge is 2.16. The summed E-state index contributed by atoms with van der Waals surface area (Å²) in [5.74, 6) is 0.128. The van der Waals surface area contributed by atoms with Crippen LogP contribution in [0.1, 0.15) is 0 Å². The van der Waals surface area contributed by atoms with Gasteiger partial charge in [-0.15, -0.1) is 0 Å². The van der Waals surface area contributed by atoms with Crippen molar-refractivity contribution in [1.29, 1.82) is 0 Å². The highest BCUT2D eigenvalue weighted by Crippen LogP contribution is 2.20. The largest absolute Gasteiger partial charge is 0.771 e. The third-order valence-corrected chi connectivity index (χ3v) is 3.64. The topological polar surface area (TPSA) is 46.6 Å². The van der Waals surface area contributed by atoms with E-state index in [-0.39, 0.29) is 5.88 Å². The summed E-state index contributed by atoms with van der Waals surface area (Å²) in [7, 11) is 0. The maximum Gasteiger partial charge on any atom is 0.0614 e. The molecule has 94 valence electrons. The first-order valence-corrected chi connectivity index (χ1v) is 7.06. The summed E-state index contributed by atoms with van der Waals surface area (Å²) in [5.41, 5.74) is 1.10. The Kier molecular flexibility index (Phi) is 4.39. The van der Waals surface area contributed by atoms with Crippen LogP contribution in [0.3, 0.4) is 0 Å². The van der Waals surface area contributed by atoms with Gasteiger partial charge >= 0.3 is 0 Å². The van der Waals surface area contributed by atoms with Gasteiger partial charge in [0.25, 0.3) is 0 Å². The molecule has 6 heteroatoms. The van der Waals surface area contributed by atoms with Crippen molar-refractivity contribution in [2.24, 2.45) is 0 Å². The van der Waals surface area contributed by atoms with Gasteiger partial charge in [0.2, 0.25) is 0 Å². The normalized spacial score (nSPS) is 19.3.